The molecular formula is C18H19N3O3. The molecule has 2 aromatic heterocycles. The number of benzene rings is 1. The van der Waals surface area contributed by atoms with Gasteiger partial charge in [-0.1, -0.05) is 32.0 Å². The van der Waals surface area contributed by atoms with E-state index in [1.54, 1.807) is 31.2 Å². The SMILES string of the molecule is Cc1cc(C(=O)Nc2ccc3c(C(C)(C)C)cc(=O)[nH]c3c2)no1. The van der Waals surface area contributed by atoms with Crippen LogP contribution in [-0.2, 0) is 5.41 Å². The lowest BCUT2D eigenvalue weighted by Gasteiger charge is -2.21. The summed E-state index contributed by atoms with van der Waals surface area (Å²) in [6, 6.07) is 8.64. The molecule has 6 heteroatoms. The number of amides is 1. The lowest BCUT2D eigenvalue weighted by Crippen LogP contribution is -2.17. The molecule has 0 spiro atoms. The molecule has 0 atom stereocenters. The summed E-state index contributed by atoms with van der Waals surface area (Å²) in [5.74, 6) is 0.207. The van der Waals surface area contributed by atoms with Crippen LogP contribution in [0.3, 0.4) is 0 Å². The first-order valence-corrected chi connectivity index (χ1v) is 7.66. The highest BCUT2D eigenvalue weighted by molar-refractivity contribution is 6.03. The van der Waals surface area contributed by atoms with Crippen LogP contribution in [0.2, 0.25) is 0 Å². The van der Waals surface area contributed by atoms with Crippen molar-refractivity contribution in [3.8, 4) is 0 Å². The maximum Gasteiger partial charge on any atom is 0.277 e. The number of carbonyl (C=O) groups is 1. The molecular weight excluding hydrogens is 306 g/mol. The fraction of sp³-hybridized carbons (Fsp3) is 0.278. The molecule has 0 unspecified atom stereocenters. The van der Waals surface area contributed by atoms with E-state index < -0.39 is 0 Å². The number of hydrogen-bond acceptors (Lipinski definition) is 4. The summed E-state index contributed by atoms with van der Waals surface area (Å²) in [4.78, 5) is 26.9. The van der Waals surface area contributed by atoms with E-state index in [2.05, 4.69) is 36.2 Å². The van der Waals surface area contributed by atoms with Crippen molar-refractivity contribution in [2.75, 3.05) is 5.32 Å². The second-order valence-electron chi connectivity index (χ2n) is 6.83. The van der Waals surface area contributed by atoms with Gasteiger partial charge in [-0.05, 0) is 30.0 Å². The number of aromatic amines is 1. The Morgan fingerprint density at radius 1 is 1.21 bits per heavy atom. The Bertz CT molecular complexity index is 977. The molecule has 24 heavy (non-hydrogen) atoms. The smallest absolute Gasteiger partial charge is 0.277 e. The minimum absolute atomic E-state index is 0.157. The number of rotatable bonds is 2. The standard InChI is InChI=1S/C18H19N3O3/c1-10-7-15(21-24-10)17(23)19-11-5-6-12-13(18(2,3)4)9-16(22)20-14(12)8-11/h5-9H,1-4H3,(H,19,23)(H,20,22). The molecule has 0 aliphatic heterocycles. The van der Waals surface area contributed by atoms with Crippen LogP contribution in [0.5, 0.6) is 0 Å². The van der Waals surface area contributed by atoms with Crippen LogP contribution < -0.4 is 10.9 Å². The molecule has 1 aromatic carbocycles. The van der Waals surface area contributed by atoms with Gasteiger partial charge in [0.2, 0.25) is 5.56 Å². The Balaban J connectivity index is 2.00. The molecule has 1 amide bonds. The first-order chi connectivity index (χ1) is 11.2. The van der Waals surface area contributed by atoms with Crippen molar-refractivity contribution >= 4 is 22.5 Å². The molecule has 0 bridgehead atoms. The third kappa shape index (κ3) is 3.08. The van der Waals surface area contributed by atoms with Crippen molar-refractivity contribution in [1.82, 2.24) is 10.1 Å². The van der Waals surface area contributed by atoms with Crippen molar-refractivity contribution in [3.05, 3.63) is 57.7 Å². The lowest BCUT2D eigenvalue weighted by molar-refractivity contribution is 0.101. The molecule has 6 nitrogen and oxygen atoms in total. The van der Waals surface area contributed by atoms with Gasteiger partial charge in [0.25, 0.3) is 5.91 Å². The van der Waals surface area contributed by atoms with Gasteiger partial charge < -0.3 is 14.8 Å². The molecule has 0 aliphatic carbocycles. The number of carbonyl (C=O) groups excluding carboxylic acids is 1. The van der Waals surface area contributed by atoms with Gasteiger partial charge in [-0.25, -0.2) is 0 Å². The van der Waals surface area contributed by atoms with Gasteiger partial charge in [-0.3, -0.25) is 9.59 Å². The average molecular weight is 325 g/mol. The van der Waals surface area contributed by atoms with Gasteiger partial charge in [-0.15, -0.1) is 0 Å². The summed E-state index contributed by atoms with van der Waals surface area (Å²) in [7, 11) is 0. The van der Waals surface area contributed by atoms with Crippen LogP contribution in [0.15, 0.2) is 39.6 Å². The Kier molecular flexibility index (Phi) is 3.75. The van der Waals surface area contributed by atoms with E-state index >= 15 is 0 Å². The summed E-state index contributed by atoms with van der Waals surface area (Å²) in [6.45, 7) is 7.90. The quantitative estimate of drug-likeness (QED) is 0.756. The molecule has 0 fully saturated rings. The predicted molar refractivity (Wildman–Crippen MR) is 92.5 cm³/mol. The summed E-state index contributed by atoms with van der Waals surface area (Å²) in [5.41, 5.74) is 2.12. The molecule has 124 valence electrons. The van der Waals surface area contributed by atoms with E-state index in [0.717, 1.165) is 10.9 Å². The monoisotopic (exact) mass is 325 g/mol. The fourth-order valence-electron chi connectivity index (χ4n) is 2.63. The number of H-pyrrole nitrogens is 1. The molecule has 0 saturated heterocycles. The topological polar surface area (TPSA) is 88.0 Å². The molecule has 2 heterocycles. The maximum absolute atomic E-state index is 12.2. The van der Waals surface area contributed by atoms with Crippen molar-refractivity contribution in [1.29, 1.82) is 0 Å². The zero-order chi connectivity index (χ0) is 17.5. The highest BCUT2D eigenvalue weighted by atomic mass is 16.5. The maximum atomic E-state index is 12.2. The molecule has 3 rings (SSSR count). The van der Waals surface area contributed by atoms with E-state index in [4.69, 9.17) is 4.52 Å². The number of hydrogen-bond donors (Lipinski definition) is 2. The number of nitrogens with one attached hydrogen (secondary N) is 2. The normalized spacial score (nSPS) is 11.7. The van der Waals surface area contributed by atoms with Crippen LogP contribution in [-0.4, -0.2) is 16.0 Å². The molecule has 0 saturated carbocycles. The van der Waals surface area contributed by atoms with E-state index in [1.165, 1.54) is 0 Å². The number of anilines is 1. The summed E-state index contributed by atoms with van der Waals surface area (Å²) < 4.78 is 4.90. The van der Waals surface area contributed by atoms with Crippen LogP contribution >= 0.6 is 0 Å². The van der Waals surface area contributed by atoms with Gasteiger partial charge in [0, 0.05) is 23.2 Å². The average Bonchev–Trinajstić information content (AvgIpc) is 2.92. The molecule has 0 aliphatic rings. The zero-order valence-corrected chi connectivity index (χ0v) is 14.1. The largest absolute Gasteiger partial charge is 0.361 e. The Labute approximate surface area is 138 Å². The van der Waals surface area contributed by atoms with Crippen molar-refractivity contribution in [2.24, 2.45) is 0 Å². The first-order valence-electron chi connectivity index (χ1n) is 7.66. The predicted octanol–water partition coefficient (Wildman–Crippen LogP) is 3.37. The molecule has 0 radical (unpaired) electrons. The van der Waals surface area contributed by atoms with Gasteiger partial charge in [0.15, 0.2) is 5.69 Å². The Morgan fingerprint density at radius 3 is 2.58 bits per heavy atom. The van der Waals surface area contributed by atoms with Crippen molar-refractivity contribution in [2.45, 2.75) is 33.1 Å². The van der Waals surface area contributed by atoms with Crippen LogP contribution in [0.1, 0.15) is 42.6 Å². The highest BCUT2D eigenvalue weighted by Crippen LogP contribution is 2.29. The summed E-state index contributed by atoms with van der Waals surface area (Å²) >= 11 is 0. The number of aryl methyl sites for hydroxylation is 1. The highest BCUT2D eigenvalue weighted by Gasteiger charge is 2.18. The first kappa shape index (κ1) is 16.0. The summed E-state index contributed by atoms with van der Waals surface area (Å²) in [5, 5.41) is 7.40. The van der Waals surface area contributed by atoms with E-state index in [-0.39, 0.29) is 22.6 Å². The van der Waals surface area contributed by atoms with Crippen LogP contribution in [0.4, 0.5) is 5.69 Å². The van der Waals surface area contributed by atoms with E-state index in [1.807, 2.05) is 6.07 Å². The Hall–Kier alpha value is -2.89. The third-order valence-corrected chi connectivity index (χ3v) is 3.77. The number of fused-ring (bicyclic) bond motifs is 1. The Morgan fingerprint density at radius 2 is 1.96 bits per heavy atom. The summed E-state index contributed by atoms with van der Waals surface area (Å²) in [6.07, 6.45) is 0. The zero-order valence-electron chi connectivity index (χ0n) is 14.1. The van der Waals surface area contributed by atoms with Gasteiger partial charge >= 0.3 is 0 Å². The van der Waals surface area contributed by atoms with Gasteiger partial charge in [-0.2, -0.15) is 0 Å². The minimum atomic E-state index is -0.361. The van der Waals surface area contributed by atoms with E-state index in [9.17, 15) is 9.59 Å². The second-order valence-corrected chi connectivity index (χ2v) is 6.83. The van der Waals surface area contributed by atoms with Gasteiger partial charge in [0.1, 0.15) is 5.76 Å². The van der Waals surface area contributed by atoms with E-state index in [0.29, 0.717) is 17.0 Å². The van der Waals surface area contributed by atoms with Crippen LogP contribution in [0.25, 0.3) is 10.9 Å². The fourth-order valence-corrected chi connectivity index (χ4v) is 2.63. The van der Waals surface area contributed by atoms with Gasteiger partial charge in [0.05, 0.1) is 5.52 Å². The number of aromatic nitrogens is 2. The van der Waals surface area contributed by atoms with Crippen molar-refractivity contribution in [3.63, 3.8) is 0 Å². The second kappa shape index (κ2) is 5.63. The molecule has 2 N–H and O–H groups in total. The third-order valence-electron chi connectivity index (χ3n) is 3.77. The lowest BCUT2D eigenvalue weighted by atomic mass is 9.85. The van der Waals surface area contributed by atoms with Crippen LogP contribution in [0, 0.1) is 6.92 Å². The molecule has 3 aromatic rings. The minimum Gasteiger partial charge on any atom is -0.361 e. The number of pyridine rings is 1. The van der Waals surface area contributed by atoms with Crippen molar-refractivity contribution < 1.29 is 9.32 Å². The number of nitrogens with zero attached hydrogens (tertiary/aromatic N) is 1.